The van der Waals surface area contributed by atoms with Crippen LogP contribution in [0.3, 0.4) is 0 Å². The minimum absolute atomic E-state index is 0.130. The Kier molecular flexibility index (Phi) is 6.74. The molecule has 1 aliphatic rings. The van der Waals surface area contributed by atoms with E-state index in [0.29, 0.717) is 31.7 Å². The van der Waals surface area contributed by atoms with E-state index in [1.165, 1.54) is 18.1 Å². The molecule has 0 spiro atoms. The molecule has 0 saturated carbocycles. The third kappa shape index (κ3) is 5.59. The molecule has 1 saturated heterocycles. The van der Waals surface area contributed by atoms with E-state index in [1.54, 1.807) is 10.4 Å². The molecule has 0 unspecified atom stereocenters. The number of carbonyl (C=O) groups is 1. The minimum atomic E-state index is -3.26. The van der Waals surface area contributed by atoms with E-state index in [9.17, 15) is 13.2 Å². The van der Waals surface area contributed by atoms with Crippen LogP contribution in [0.4, 0.5) is 0 Å². The summed E-state index contributed by atoms with van der Waals surface area (Å²) in [5.41, 5.74) is 2.54. The van der Waals surface area contributed by atoms with Gasteiger partial charge in [0, 0.05) is 25.8 Å². The average Bonchev–Trinajstić information content (AvgIpc) is 2.72. The predicted molar refractivity (Wildman–Crippen MR) is 107 cm³/mol. The smallest absolute Gasteiger partial charge is 0.270 e. The number of hydrogen-bond donors (Lipinski definition) is 1. The number of sulfonamides is 1. The molecule has 0 atom stereocenters. The van der Waals surface area contributed by atoms with Gasteiger partial charge in [-0.3, -0.25) is 4.79 Å². The molecule has 1 aromatic carbocycles. The van der Waals surface area contributed by atoms with E-state index in [1.807, 2.05) is 31.2 Å². The summed E-state index contributed by atoms with van der Waals surface area (Å²) in [6.45, 7) is 3.55. The molecule has 0 radical (unpaired) electrons. The first-order valence-corrected chi connectivity index (χ1v) is 11.1. The molecule has 3 rings (SSSR count). The van der Waals surface area contributed by atoms with Crippen LogP contribution in [0.5, 0.6) is 0 Å². The first-order chi connectivity index (χ1) is 13.4. The zero-order valence-corrected chi connectivity index (χ0v) is 16.9. The normalized spacial score (nSPS) is 16.0. The van der Waals surface area contributed by atoms with Crippen molar-refractivity contribution in [3.05, 3.63) is 59.7 Å². The molecule has 28 heavy (non-hydrogen) atoms. The van der Waals surface area contributed by atoms with Crippen LogP contribution in [-0.2, 0) is 16.4 Å². The Hall–Kier alpha value is -2.32. The second-order valence-electron chi connectivity index (χ2n) is 7.20. The molecule has 2 heterocycles. The summed E-state index contributed by atoms with van der Waals surface area (Å²) in [4.78, 5) is 19.8. The van der Waals surface area contributed by atoms with E-state index in [0.717, 1.165) is 18.4 Å². The second-order valence-corrected chi connectivity index (χ2v) is 9.29. The number of amides is 1. The van der Waals surface area contributed by atoms with Gasteiger partial charge in [0.25, 0.3) is 5.91 Å². The van der Waals surface area contributed by atoms with Gasteiger partial charge in [-0.15, -0.1) is 0 Å². The fourth-order valence-electron chi connectivity index (χ4n) is 3.27. The second kappa shape index (κ2) is 9.25. The van der Waals surface area contributed by atoms with E-state index in [2.05, 4.69) is 15.3 Å². The highest BCUT2D eigenvalue weighted by molar-refractivity contribution is 7.89. The Morgan fingerprint density at radius 2 is 1.89 bits per heavy atom. The van der Waals surface area contributed by atoms with Crippen LogP contribution in [-0.4, -0.2) is 54.0 Å². The number of nitrogens with zero attached hydrogens (tertiary/aromatic N) is 3. The van der Waals surface area contributed by atoms with Crippen molar-refractivity contribution in [2.45, 2.75) is 26.2 Å². The number of benzene rings is 1. The number of rotatable bonds is 7. The van der Waals surface area contributed by atoms with Crippen molar-refractivity contribution in [3.63, 3.8) is 0 Å². The first-order valence-electron chi connectivity index (χ1n) is 9.51. The van der Waals surface area contributed by atoms with Gasteiger partial charge in [-0.2, -0.15) is 0 Å². The van der Waals surface area contributed by atoms with Crippen molar-refractivity contribution < 1.29 is 13.2 Å². The molecule has 150 valence electrons. The number of aryl methyl sites for hydroxylation is 2. The third-order valence-corrected chi connectivity index (χ3v) is 6.97. The van der Waals surface area contributed by atoms with Crippen LogP contribution >= 0.6 is 0 Å². The lowest BCUT2D eigenvalue weighted by Gasteiger charge is -2.31. The molecule has 0 bridgehead atoms. The molecule has 1 N–H and O–H groups in total. The van der Waals surface area contributed by atoms with Gasteiger partial charge in [-0.25, -0.2) is 22.7 Å². The fraction of sp³-hybridized carbons (Fsp3) is 0.450. The largest absolute Gasteiger partial charge is 0.350 e. The summed E-state index contributed by atoms with van der Waals surface area (Å²) in [5.74, 6) is 0.176. The Labute approximate surface area is 166 Å². The quantitative estimate of drug-likeness (QED) is 0.762. The van der Waals surface area contributed by atoms with E-state index in [4.69, 9.17) is 0 Å². The van der Waals surface area contributed by atoms with E-state index >= 15 is 0 Å². The monoisotopic (exact) mass is 402 g/mol. The number of carbonyl (C=O) groups excluding carboxylic acids is 1. The summed E-state index contributed by atoms with van der Waals surface area (Å²) in [5, 5.41) is 2.88. The lowest BCUT2D eigenvalue weighted by molar-refractivity contribution is 0.0936. The molecule has 1 aromatic heterocycles. The van der Waals surface area contributed by atoms with Crippen molar-refractivity contribution in [1.29, 1.82) is 0 Å². The number of piperidine rings is 1. The molecule has 8 heteroatoms. The zero-order chi connectivity index (χ0) is 20.0. The van der Waals surface area contributed by atoms with Crippen LogP contribution in [0, 0.1) is 12.8 Å². The molecular weight excluding hydrogens is 376 g/mol. The third-order valence-electron chi connectivity index (χ3n) is 5.10. The standard InChI is InChI=1S/C20H26N4O3S/c1-16-2-4-17(5-3-16)9-13-28(26,27)24-11-7-18(8-12-24)14-22-20(25)19-6-10-21-15-23-19/h2-6,10,15,18H,7-9,11-14H2,1H3,(H,22,25). The molecule has 0 aliphatic carbocycles. The summed E-state index contributed by atoms with van der Waals surface area (Å²) in [7, 11) is -3.26. The van der Waals surface area contributed by atoms with Gasteiger partial charge in [-0.05, 0) is 43.7 Å². The van der Waals surface area contributed by atoms with E-state index in [-0.39, 0.29) is 17.6 Å². The Bertz CT molecular complexity index is 877. The highest BCUT2D eigenvalue weighted by atomic mass is 32.2. The molecule has 1 amide bonds. The van der Waals surface area contributed by atoms with Crippen LogP contribution in [0.2, 0.25) is 0 Å². The SMILES string of the molecule is Cc1ccc(CCS(=O)(=O)N2CCC(CNC(=O)c3ccncn3)CC2)cc1. The number of nitrogens with one attached hydrogen (secondary N) is 1. The maximum absolute atomic E-state index is 12.6. The maximum Gasteiger partial charge on any atom is 0.270 e. The van der Waals surface area contributed by atoms with E-state index < -0.39 is 10.0 Å². The van der Waals surface area contributed by atoms with Gasteiger partial charge >= 0.3 is 0 Å². The number of aromatic nitrogens is 2. The molecule has 2 aromatic rings. The molecule has 1 aliphatic heterocycles. The van der Waals surface area contributed by atoms with Gasteiger partial charge in [0.2, 0.25) is 10.0 Å². The highest BCUT2D eigenvalue weighted by Crippen LogP contribution is 2.20. The van der Waals surface area contributed by atoms with Crippen molar-refractivity contribution in [2.24, 2.45) is 5.92 Å². The lowest BCUT2D eigenvalue weighted by Crippen LogP contribution is -2.42. The Morgan fingerprint density at radius 1 is 1.18 bits per heavy atom. The van der Waals surface area contributed by atoms with Gasteiger partial charge < -0.3 is 5.32 Å². The summed E-state index contributed by atoms with van der Waals surface area (Å²) in [6, 6.07) is 9.54. The summed E-state index contributed by atoms with van der Waals surface area (Å²) >= 11 is 0. The Morgan fingerprint density at radius 3 is 2.54 bits per heavy atom. The van der Waals surface area contributed by atoms with Crippen LogP contribution in [0.25, 0.3) is 0 Å². The zero-order valence-electron chi connectivity index (χ0n) is 16.0. The fourth-order valence-corrected chi connectivity index (χ4v) is 4.79. The minimum Gasteiger partial charge on any atom is -0.350 e. The molecule has 1 fully saturated rings. The molecule has 7 nitrogen and oxygen atoms in total. The van der Waals surface area contributed by atoms with Crippen molar-refractivity contribution in [2.75, 3.05) is 25.4 Å². The summed E-state index contributed by atoms with van der Waals surface area (Å²) in [6.07, 6.45) is 4.88. The highest BCUT2D eigenvalue weighted by Gasteiger charge is 2.28. The molecular formula is C20H26N4O3S. The van der Waals surface area contributed by atoms with Crippen LogP contribution in [0.15, 0.2) is 42.9 Å². The maximum atomic E-state index is 12.6. The van der Waals surface area contributed by atoms with Crippen LogP contribution < -0.4 is 5.32 Å². The number of hydrogen-bond acceptors (Lipinski definition) is 5. The lowest BCUT2D eigenvalue weighted by atomic mass is 9.98. The summed E-state index contributed by atoms with van der Waals surface area (Å²) < 4.78 is 26.8. The van der Waals surface area contributed by atoms with Crippen molar-refractivity contribution in [1.82, 2.24) is 19.6 Å². The van der Waals surface area contributed by atoms with Gasteiger partial charge in [0.1, 0.15) is 12.0 Å². The topological polar surface area (TPSA) is 92.3 Å². The van der Waals surface area contributed by atoms with Crippen LogP contribution in [0.1, 0.15) is 34.5 Å². The first kappa shape index (κ1) is 20.4. The average molecular weight is 403 g/mol. The van der Waals surface area contributed by atoms with Crippen molar-refractivity contribution in [3.8, 4) is 0 Å². The van der Waals surface area contributed by atoms with Gasteiger partial charge in [0.05, 0.1) is 5.75 Å². The predicted octanol–water partition coefficient (Wildman–Crippen LogP) is 1.80. The van der Waals surface area contributed by atoms with Gasteiger partial charge in [0.15, 0.2) is 0 Å². The van der Waals surface area contributed by atoms with Gasteiger partial charge in [-0.1, -0.05) is 29.8 Å². The van der Waals surface area contributed by atoms with Crippen molar-refractivity contribution >= 4 is 15.9 Å². The Balaban J connectivity index is 1.43.